The zero-order valence-electron chi connectivity index (χ0n) is 14.4. The van der Waals surface area contributed by atoms with E-state index in [-0.39, 0.29) is 18.2 Å². The number of benzene rings is 1. The minimum Gasteiger partial charge on any atom is -0.481 e. The number of carbonyl (C=O) groups excluding carboxylic acids is 1. The van der Waals surface area contributed by atoms with Crippen LogP contribution in [0.5, 0.6) is 0 Å². The van der Waals surface area contributed by atoms with Crippen molar-refractivity contribution in [3.8, 4) is 5.69 Å². The number of piperidine rings is 1. The first kappa shape index (κ1) is 17.2. The number of nitrogens with zero attached hydrogens (tertiary/aromatic N) is 3. The van der Waals surface area contributed by atoms with Gasteiger partial charge in [-0.2, -0.15) is 5.10 Å². The van der Waals surface area contributed by atoms with Crippen molar-refractivity contribution >= 4 is 11.9 Å². The Morgan fingerprint density at radius 2 is 2.12 bits per heavy atom. The predicted molar refractivity (Wildman–Crippen MR) is 93.8 cm³/mol. The number of carboxylic acid groups (broad SMARTS) is 1. The average Bonchev–Trinajstić information content (AvgIpc) is 3.10. The molecule has 1 amide bonds. The van der Waals surface area contributed by atoms with Crippen LogP contribution in [-0.4, -0.2) is 44.8 Å². The number of aromatic nitrogens is 2. The van der Waals surface area contributed by atoms with Gasteiger partial charge in [-0.3, -0.25) is 9.59 Å². The normalized spacial score (nSPS) is 17.5. The van der Waals surface area contributed by atoms with Crippen molar-refractivity contribution in [2.24, 2.45) is 5.92 Å². The molecule has 1 atom stereocenters. The second kappa shape index (κ2) is 7.51. The molecule has 2 aromatic rings. The maximum Gasteiger partial charge on any atom is 0.303 e. The molecule has 1 saturated heterocycles. The second-order valence-electron chi connectivity index (χ2n) is 6.65. The summed E-state index contributed by atoms with van der Waals surface area (Å²) in [5.41, 5.74) is 2.62. The van der Waals surface area contributed by atoms with Crippen molar-refractivity contribution in [3.05, 3.63) is 47.8 Å². The van der Waals surface area contributed by atoms with Crippen LogP contribution in [0.4, 0.5) is 0 Å². The SMILES string of the molecule is Cc1ccccc1-n1cc(C(=O)N2CCC[C@H](CCC(=O)O)C2)cn1. The van der Waals surface area contributed by atoms with E-state index in [1.165, 1.54) is 0 Å². The van der Waals surface area contributed by atoms with E-state index < -0.39 is 5.97 Å². The number of hydrogen-bond donors (Lipinski definition) is 1. The molecule has 0 radical (unpaired) electrons. The molecular weight excluding hydrogens is 318 g/mol. The first-order chi connectivity index (χ1) is 12.0. The van der Waals surface area contributed by atoms with Gasteiger partial charge in [0, 0.05) is 25.7 Å². The van der Waals surface area contributed by atoms with E-state index >= 15 is 0 Å². The smallest absolute Gasteiger partial charge is 0.303 e. The maximum absolute atomic E-state index is 12.8. The van der Waals surface area contributed by atoms with Crippen LogP contribution < -0.4 is 0 Å². The predicted octanol–water partition coefficient (Wildman–Crippen LogP) is 2.90. The number of aliphatic carboxylic acids is 1. The summed E-state index contributed by atoms with van der Waals surface area (Å²) in [5, 5.41) is 13.2. The molecule has 0 aliphatic carbocycles. The Hall–Kier alpha value is -2.63. The molecule has 2 heterocycles. The topological polar surface area (TPSA) is 75.4 Å². The van der Waals surface area contributed by atoms with Gasteiger partial charge in [0.1, 0.15) is 0 Å². The van der Waals surface area contributed by atoms with Gasteiger partial charge in [0.05, 0.1) is 17.4 Å². The zero-order valence-corrected chi connectivity index (χ0v) is 14.4. The summed E-state index contributed by atoms with van der Waals surface area (Å²) in [6.07, 6.45) is 6.07. The number of likely N-dealkylation sites (tertiary alicyclic amines) is 1. The molecule has 1 aliphatic rings. The van der Waals surface area contributed by atoms with E-state index in [0.717, 1.165) is 30.6 Å². The third kappa shape index (κ3) is 4.07. The molecule has 0 saturated carbocycles. The third-order valence-corrected chi connectivity index (χ3v) is 4.76. The zero-order chi connectivity index (χ0) is 17.8. The summed E-state index contributed by atoms with van der Waals surface area (Å²) in [4.78, 5) is 25.4. The molecule has 0 spiro atoms. The lowest BCUT2D eigenvalue weighted by molar-refractivity contribution is -0.137. The Bertz CT molecular complexity index is 769. The van der Waals surface area contributed by atoms with Gasteiger partial charge in [-0.25, -0.2) is 4.68 Å². The fourth-order valence-corrected chi connectivity index (χ4v) is 3.38. The second-order valence-corrected chi connectivity index (χ2v) is 6.65. The molecule has 1 N–H and O–H groups in total. The minimum atomic E-state index is -0.775. The monoisotopic (exact) mass is 341 g/mol. The lowest BCUT2D eigenvalue weighted by Crippen LogP contribution is -2.40. The summed E-state index contributed by atoms with van der Waals surface area (Å²) < 4.78 is 1.73. The van der Waals surface area contributed by atoms with Gasteiger partial charge in [0.25, 0.3) is 5.91 Å². The Labute approximate surface area is 147 Å². The van der Waals surface area contributed by atoms with Crippen LogP contribution in [0.1, 0.15) is 41.6 Å². The molecule has 1 aromatic carbocycles. The first-order valence-corrected chi connectivity index (χ1v) is 8.66. The average molecular weight is 341 g/mol. The van der Waals surface area contributed by atoms with Gasteiger partial charge in [0.2, 0.25) is 0 Å². The third-order valence-electron chi connectivity index (χ3n) is 4.76. The van der Waals surface area contributed by atoms with E-state index in [2.05, 4.69) is 5.10 Å². The number of aryl methyl sites for hydroxylation is 1. The van der Waals surface area contributed by atoms with E-state index in [0.29, 0.717) is 18.5 Å². The molecule has 25 heavy (non-hydrogen) atoms. The largest absolute Gasteiger partial charge is 0.481 e. The number of carbonyl (C=O) groups is 2. The number of carboxylic acids is 1. The van der Waals surface area contributed by atoms with Gasteiger partial charge >= 0.3 is 5.97 Å². The number of rotatable bonds is 5. The van der Waals surface area contributed by atoms with E-state index in [4.69, 9.17) is 5.11 Å². The quantitative estimate of drug-likeness (QED) is 0.907. The number of para-hydroxylation sites is 1. The van der Waals surface area contributed by atoms with Crippen LogP contribution in [-0.2, 0) is 4.79 Å². The van der Waals surface area contributed by atoms with Crippen molar-refractivity contribution in [2.75, 3.05) is 13.1 Å². The van der Waals surface area contributed by atoms with E-state index in [9.17, 15) is 9.59 Å². The van der Waals surface area contributed by atoms with E-state index in [1.807, 2.05) is 36.1 Å². The van der Waals surface area contributed by atoms with Crippen LogP contribution >= 0.6 is 0 Å². The van der Waals surface area contributed by atoms with Crippen LogP contribution in [0, 0.1) is 12.8 Å². The lowest BCUT2D eigenvalue weighted by Gasteiger charge is -2.32. The van der Waals surface area contributed by atoms with Crippen molar-refractivity contribution in [2.45, 2.75) is 32.6 Å². The Kier molecular flexibility index (Phi) is 5.16. The summed E-state index contributed by atoms with van der Waals surface area (Å²) in [7, 11) is 0. The Morgan fingerprint density at radius 3 is 2.88 bits per heavy atom. The van der Waals surface area contributed by atoms with Crippen molar-refractivity contribution in [3.63, 3.8) is 0 Å². The van der Waals surface area contributed by atoms with Crippen LogP contribution in [0.3, 0.4) is 0 Å². The van der Waals surface area contributed by atoms with Crippen molar-refractivity contribution in [1.82, 2.24) is 14.7 Å². The highest BCUT2D eigenvalue weighted by atomic mass is 16.4. The van der Waals surface area contributed by atoms with Gasteiger partial charge in [0.15, 0.2) is 0 Å². The first-order valence-electron chi connectivity index (χ1n) is 8.66. The molecule has 0 bridgehead atoms. The van der Waals surface area contributed by atoms with Gasteiger partial charge < -0.3 is 10.0 Å². The van der Waals surface area contributed by atoms with Gasteiger partial charge in [-0.05, 0) is 43.7 Å². The highest BCUT2D eigenvalue weighted by Gasteiger charge is 2.25. The van der Waals surface area contributed by atoms with Crippen molar-refractivity contribution in [1.29, 1.82) is 0 Å². The fraction of sp³-hybridized carbons (Fsp3) is 0.421. The molecule has 1 aromatic heterocycles. The molecule has 0 unspecified atom stereocenters. The molecular formula is C19H23N3O3. The van der Waals surface area contributed by atoms with Gasteiger partial charge in [-0.1, -0.05) is 18.2 Å². The molecule has 1 aliphatic heterocycles. The number of amides is 1. The van der Waals surface area contributed by atoms with Crippen LogP contribution in [0.2, 0.25) is 0 Å². The van der Waals surface area contributed by atoms with Crippen LogP contribution in [0.25, 0.3) is 5.69 Å². The van der Waals surface area contributed by atoms with Crippen LogP contribution in [0.15, 0.2) is 36.7 Å². The number of hydrogen-bond acceptors (Lipinski definition) is 3. The Balaban J connectivity index is 1.69. The van der Waals surface area contributed by atoms with Gasteiger partial charge in [-0.15, -0.1) is 0 Å². The molecule has 3 rings (SSSR count). The fourth-order valence-electron chi connectivity index (χ4n) is 3.38. The highest BCUT2D eigenvalue weighted by molar-refractivity contribution is 5.93. The lowest BCUT2D eigenvalue weighted by atomic mass is 9.93. The van der Waals surface area contributed by atoms with Crippen molar-refractivity contribution < 1.29 is 14.7 Å². The Morgan fingerprint density at radius 1 is 1.32 bits per heavy atom. The van der Waals surface area contributed by atoms with E-state index in [1.54, 1.807) is 17.1 Å². The summed E-state index contributed by atoms with van der Waals surface area (Å²) in [6, 6.07) is 7.90. The summed E-state index contributed by atoms with van der Waals surface area (Å²) in [6.45, 7) is 3.36. The molecule has 1 fully saturated rings. The summed E-state index contributed by atoms with van der Waals surface area (Å²) in [5.74, 6) is -0.539. The molecule has 6 nitrogen and oxygen atoms in total. The standard InChI is InChI=1S/C19H23N3O3/c1-14-5-2-3-7-17(14)22-13-16(11-20-22)19(25)21-10-4-6-15(12-21)8-9-18(23)24/h2-3,5,7,11,13,15H,4,6,8-10,12H2,1H3,(H,23,24)/t15-/m1/s1. The molecule has 132 valence electrons. The molecule has 6 heteroatoms. The summed E-state index contributed by atoms with van der Waals surface area (Å²) >= 11 is 0. The maximum atomic E-state index is 12.8. The highest BCUT2D eigenvalue weighted by Crippen LogP contribution is 2.23. The minimum absolute atomic E-state index is 0.0279.